The predicted octanol–water partition coefficient (Wildman–Crippen LogP) is 3.87. The number of rotatable bonds is 3. The number of nitrogens with zero attached hydrogens (tertiary/aromatic N) is 1. The highest BCUT2D eigenvalue weighted by Crippen LogP contribution is 2.33. The summed E-state index contributed by atoms with van der Waals surface area (Å²) in [6.45, 7) is 6.65. The van der Waals surface area contributed by atoms with E-state index >= 15 is 0 Å². The van der Waals surface area contributed by atoms with Gasteiger partial charge in [0.2, 0.25) is 0 Å². The van der Waals surface area contributed by atoms with Gasteiger partial charge in [0.1, 0.15) is 5.82 Å². The van der Waals surface area contributed by atoms with Crippen molar-refractivity contribution < 1.29 is 0 Å². The fourth-order valence-electron chi connectivity index (χ4n) is 2.77. The molecule has 1 aromatic heterocycles. The number of H-pyrrole nitrogens is 1. The molecule has 0 amide bonds. The van der Waals surface area contributed by atoms with Crippen molar-refractivity contribution in [3.8, 4) is 0 Å². The van der Waals surface area contributed by atoms with Crippen molar-refractivity contribution in [1.29, 1.82) is 0 Å². The summed E-state index contributed by atoms with van der Waals surface area (Å²) in [5.41, 5.74) is 1.02. The average Bonchev–Trinajstić information content (AvgIpc) is 2.35. The van der Waals surface area contributed by atoms with Crippen LogP contribution in [0.4, 0.5) is 0 Å². The summed E-state index contributed by atoms with van der Waals surface area (Å²) in [6, 6.07) is 0. The Morgan fingerprint density at radius 2 is 1.95 bits per heavy atom. The molecule has 4 heteroatoms. The van der Waals surface area contributed by atoms with Gasteiger partial charge in [0, 0.05) is 5.92 Å². The van der Waals surface area contributed by atoms with Crippen LogP contribution in [-0.4, -0.2) is 9.97 Å². The van der Waals surface area contributed by atoms with E-state index in [-0.39, 0.29) is 5.56 Å². The second-order valence-corrected chi connectivity index (χ2v) is 7.35. The minimum atomic E-state index is 0.0415. The number of hydrogen-bond acceptors (Lipinski definition) is 2. The number of aromatic amines is 1. The van der Waals surface area contributed by atoms with Gasteiger partial charge in [-0.15, -0.1) is 0 Å². The first-order chi connectivity index (χ1) is 8.97. The van der Waals surface area contributed by atoms with E-state index in [1.807, 2.05) is 0 Å². The molecule has 1 aliphatic rings. The van der Waals surface area contributed by atoms with Gasteiger partial charge in [0.25, 0.3) is 5.56 Å². The fourth-order valence-corrected chi connectivity index (χ4v) is 3.25. The summed E-state index contributed by atoms with van der Waals surface area (Å²) >= 11 is 2.12. The van der Waals surface area contributed by atoms with Crippen LogP contribution in [-0.2, 0) is 6.42 Å². The first kappa shape index (κ1) is 15.0. The Morgan fingerprint density at radius 3 is 2.53 bits per heavy atom. The van der Waals surface area contributed by atoms with E-state index in [1.165, 1.54) is 12.8 Å². The van der Waals surface area contributed by atoms with Crippen LogP contribution in [0.25, 0.3) is 0 Å². The Balaban J connectivity index is 2.26. The van der Waals surface area contributed by atoms with Crippen LogP contribution in [0.15, 0.2) is 4.79 Å². The van der Waals surface area contributed by atoms with Gasteiger partial charge in [-0.25, -0.2) is 4.98 Å². The molecular formula is C15H23IN2O. The van der Waals surface area contributed by atoms with Crippen molar-refractivity contribution >= 4 is 22.6 Å². The van der Waals surface area contributed by atoms with Gasteiger partial charge < -0.3 is 4.98 Å². The van der Waals surface area contributed by atoms with E-state index in [0.717, 1.165) is 40.3 Å². The van der Waals surface area contributed by atoms with E-state index in [0.29, 0.717) is 11.8 Å². The molecule has 106 valence electrons. The molecule has 19 heavy (non-hydrogen) atoms. The molecular weight excluding hydrogens is 351 g/mol. The van der Waals surface area contributed by atoms with E-state index in [2.05, 4.69) is 48.3 Å². The van der Waals surface area contributed by atoms with Gasteiger partial charge in [0.15, 0.2) is 0 Å². The normalized spacial score (nSPS) is 23.8. The molecule has 0 radical (unpaired) electrons. The van der Waals surface area contributed by atoms with E-state index < -0.39 is 0 Å². The Kier molecular flexibility index (Phi) is 5.03. The lowest BCUT2D eigenvalue weighted by atomic mass is 9.82. The van der Waals surface area contributed by atoms with Crippen LogP contribution < -0.4 is 5.56 Å². The summed E-state index contributed by atoms with van der Waals surface area (Å²) in [6.07, 6.45) is 5.70. The summed E-state index contributed by atoms with van der Waals surface area (Å²) in [7, 11) is 0. The van der Waals surface area contributed by atoms with Crippen molar-refractivity contribution in [1.82, 2.24) is 9.97 Å². The molecule has 0 saturated heterocycles. The smallest absolute Gasteiger partial charge is 0.264 e. The van der Waals surface area contributed by atoms with Gasteiger partial charge in [-0.2, -0.15) is 0 Å². The third kappa shape index (κ3) is 3.80. The highest BCUT2D eigenvalue weighted by Gasteiger charge is 2.23. The number of hydrogen-bond donors (Lipinski definition) is 1. The first-order valence-electron chi connectivity index (χ1n) is 7.26. The third-order valence-corrected chi connectivity index (χ3v) is 5.07. The van der Waals surface area contributed by atoms with Gasteiger partial charge in [-0.05, 0) is 53.7 Å². The molecule has 0 aliphatic heterocycles. The minimum Gasteiger partial charge on any atom is -0.309 e. The lowest BCUT2D eigenvalue weighted by Crippen LogP contribution is -2.22. The molecule has 0 unspecified atom stereocenters. The molecule has 3 nitrogen and oxygen atoms in total. The Bertz CT molecular complexity index is 487. The second-order valence-electron chi connectivity index (χ2n) is 6.27. The molecule has 1 heterocycles. The van der Waals surface area contributed by atoms with E-state index in [9.17, 15) is 4.79 Å². The molecule has 0 aromatic carbocycles. The van der Waals surface area contributed by atoms with Crippen LogP contribution in [0.2, 0.25) is 0 Å². The quantitative estimate of drug-likeness (QED) is 0.817. The SMILES string of the molecule is CC(C)Cc1nc(C2CCC(C)CC2)[nH]c(=O)c1I. The minimum absolute atomic E-state index is 0.0415. The van der Waals surface area contributed by atoms with Crippen LogP contribution in [0.1, 0.15) is 63.9 Å². The summed E-state index contributed by atoms with van der Waals surface area (Å²) in [5.74, 6) is 2.73. The number of aromatic nitrogens is 2. The summed E-state index contributed by atoms with van der Waals surface area (Å²) < 4.78 is 0.763. The van der Waals surface area contributed by atoms with Crippen LogP contribution in [0.3, 0.4) is 0 Å². The lowest BCUT2D eigenvalue weighted by Gasteiger charge is -2.25. The topological polar surface area (TPSA) is 45.8 Å². The second kappa shape index (κ2) is 6.37. The zero-order valence-corrected chi connectivity index (χ0v) is 14.2. The van der Waals surface area contributed by atoms with Gasteiger partial charge in [-0.3, -0.25) is 4.79 Å². The lowest BCUT2D eigenvalue weighted by molar-refractivity contribution is 0.338. The van der Waals surface area contributed by atoms with Crippen molar-refractivity contribution in [2.24, 2.45) is 11.8 Å². The molecule has 1 saturated carbocycles. The largest absolute Gasteiger partial charge is 0.309 e. The summed E-state index contributed by atoms with van der Waals surface area (Å²) in [4.78, 5) is 19.8. The van der Waals surface area contributed by atoms with Gasteiger partial charge >= 0.3 is 0 Å². The molecule has 1 fully saturated rings. The Hall–Kier alpha value is -0.390. The molecule has 0 bridgehead atoms. The van der Waals surface area contributed by atoms with Crippen molar-refractivity contribution in [3.05, 3.63) is 25.4 Å². The molecule has 1 aromatic rings. The fraction of sp³-hybridized carbons (Fsp3) is 0.733. The maximum atomic E-state index is 12.0. The van der Waals surface area contributed by atoms with Gasteiger partial charge in [-0.1, -0.05) is 33.6 Å². The highest BCUT2D eigenvalue weighted by molar-refractivity contribution is 14.1. The standard InChI is InChI=1S/C15H23IN2O/c1-9(2)8-12-13(16)15(19)18-14(17-12)11-6-4-10(3)5-7-11/h9-11H,4-8H2,1-3H3,(H,17,18,19). The van der Waals surface area contributed by atoms with Crippen LogP contribution >= 0.6 is 22.6 Å². The average molecular weight is 374 g/mol. The van der Waals surface area contributed by atoms with E-state index in [4.69, 9.17) is 4.98 Å². The third-order valence-electron chi connectivity index (χ3n) is 3.95. The molecule has 2 rings (SSSR count). The van der Waals surface area contributed by atoms with Crippen molar-refractivity contribution in [2.45, 2.75) is 58.8 Å². The Morgan fingerprint density at radius 1 is 1.32 bits per heavy atom. The maximum absolute atomic E-state index is 12.0. The molecule has 0 spiro atoms. The molecule has 1 N–H and O–H groups in total. The summed E-state index contributed by atoms with van der Waals surface area (Å²) in [5, 5.41) is 0. The highest BCUT2D eigenvalue weighted by atomic mass is 127. The Labute approximate surface area is 128 Å². The number of nitrogens with one attached hydrogen (secondary N) is 1. The van der Waals surface area contributed by atoms with E-state index in [1.54, 1.807) is 0 Å². The first-order valence-corrected chi connectivity index (χ1v) is 8.33. The molecule has 0 atom stereocenters. The van der Waals surface area contributed by atoms with Crippen molar-refractivity contribution in [3.63, 3.8) is 0 Å². The predicted molar refractivity (Wildman–Crippen MR) is 86.5 cm³/mol. The monoisotopic (exact) mass is 374 g/mol. The number of halogens is 1. The zero-order valence-electron chi connectivity index (χ0n) is 12.0. The zero-order chi connectivity index (χ0) is 14.0. The van der Waals surface area contributed by atoms with Crippen LogP contribution in [0, 0.1) is 15.4 Å². The van der Waals surface area contributed by atoms with Crippen LogP contribution in [0.5, 0.6) is 0 Å². The van der Waals surface area contributed by atoms with Crippen molar-refractivity contribution in [2.75, 3.05) is 0 Å². The van der Waals surface area contributed by atoms with Gasteiger partial charge in [0.05, 0.1) is 9.26 Å². The maximum Gasteiger partial charge on any atom is 0.264 e. The molecule has 1 aliphatic carbocycles.